The van der Waals surface area contributed by atoms with E-state index in [4.69, 9.17) is 0 Å². The van der Waals surface area contributed by atoms with E-state index in [0.717, 1.165) is 13.0 Å². The summed E-state index contributed by atoms with van der Waals surface area (Å²) in [5, 5.41) is 3.27. The van der Waals surface area contributed by atoms with Crippen molar-refractivity contribution in [1.82, 2.24) is 10.2 Å². The minimum atomic E-state index is -0.0603. The summed E-state index contributed by atoms with van der Waals surface area (Å²) in [6.45, 7) is 0.792. The van der Waals surface area contributed by atoms with Gasteiger partial charge in [0.1, 0.15) is 0 Å². The lowest BCUT2D eigenvalue weighted by atomic mass is 9.95. The molecule has 1 aliphatic rings. The quantitative estimate of drug-likeness (QED) is 0.733. The SMILES string of the molecule is CN(C)C(=O)[C@@H]1Cc2ccccc2CN1. The van der Waals surface area contributed by atoms with E-state index in [9.17, 15) is 4.79 Å². The second-order valence-corrected chi connectivity index (χ2v) is 4.14. The number of nitrogens with zero attached hydrogens (tertiary/aromatic N) is 1. The van der Waals surface area contributed by atoms with Gasteiger partial charge in [-0.25, -0.2) is 0 Å². The van der Waals surface area contributed by atoms with Crippen LogP contribution >= 0.6 is 0 Å². The number of hydrogen-bond acceptors (Lipinski definition) is 2. The van der Waals surface area contributed by atoms with Crippen LogP contribution in [0.5, 0.6) is 0 Å². The summed E-state index contributed by atoms with van der Waals surface area (Å²) in [6, 6.07) is 8.22. The van der Waals surface area contributed by atoms with Gasteiger partial charge in [0.25, 0.3) is 0 Å². The fourth-order valence-corrected chi connectivity index (χ4v) is 1.94. The summed E-state index contributed by atoms with van der Waals surface area (Å²) in [5.41, 5.74) is 2.59. The third kappa shape index (κ3) is 2.02. The van der Waals surface area contributed by atoms with Gasteiger partial charge in [-0.3, -0.25) is 4.79 Å². The molecular formula is C12H16N2O. The molecule has 3 nitrogen and oxygen atoms in total. The van der Waals surface area contributed by atoms with Gasteiger partial charge in [0.05, 0.1) is 6.04 Å². The van der Waals surface area contributed by atoms with Gasteiger partial charge in [0.2, 0.25) is 5.91 Å². The Bertz CT molecular complexity index is 374. The molecular weight excluding hydrogens is 188 g/mol. The molecule has 0 saturated heterocycles. The first-order valence-corrected chi connectivity index (χ1v) is 5.20. The van der Waals surface area contributed by atoms with Gasteiger partial charge in [-0.05, 0) is 17.5 Å². The van der Waals surface area contributed by atoms with E-state index in [1.54, 1.807) is 19.0 Å². The molecule has 1 atom stereocenters. The van der Waals surface area contributed by atoms with Crippen LogP contribution in [-0.4, -0.2) is 30.9 Å². The fraction of sp³-hybridized carbons (Fsp3) is 0.417. The number of hydrogen-bond donors (Lipinski definition) is 1. The highest BCUT2D eigenvalue weighted by Gasteiger charge is 2.24. The maximum atomic E-state index is 11.8. The first-order valence-electron chi connectivity index (χ1n) is 5.20. The first kappa shape index (κ1) is 10.2. The van der Waals surface area contributed by atoms with Gasteiger partial charge in [-0.15, -0.1) is 0 Å². The van der Waals surface area contributed by atoms with E-state index in [1.807, 2.05) is 12.1 Å². The summed E-state index contributed by atoms with van der Waals surface area (Å²) in [5.74, 6) is 0.157. The van der Waals surface area contributed by atoms with Gasteiger partial charge < -0.3 is 10.2 Å². The minimum absolute atomic E-state index is 0.0603. The first-order chi connectivity index (χ1) is 7.18. The number of rotatable bonds is 1. The topological polar surface area (TPSA) is 32.3 Å². The van der Waals surface area contributed by atoms with E-state index in [1.165, 1.54) is 11.1 Å². The smallest absolute Gasteiger partial charge is 0.239 e. The standard InChI is InChI=1S/C12H16N2O/c1-14(2)12(15)11-7-9-5-3-4-6-10(9)8-13-11/h3-6,11,13H,7-8H2,1-2H3/t11-/m0/s1. The summed E-state index contributed by atoms with van der Waals surface area (Å²) in [4.78, 5) is 13.4. The van der Waals surface area contributed by atoms with Gasteiger partial charge in [0, 0.05) is 20.6 Å². The number of carbonyl (C=O) groups excluding carboxylic acids is 1. The maximum Gasteiger partial charge on any atom is 0.239 e. The Morgan fingerprint density at radius 3 is 2.67 bits per heavy atom. The van der Waals surface area contributed by atoms with Crippen molar-refractivity contribution in [3.8, 4) is 0 Å². The fourth-order valence-electron chi connectivity index (χ4n) is 1.94. The Labute approximate surface area is 90.1 Å². The van der Waals surface area contributed by atoms with Crippen LogP contribution in [0.4, 0.5) is 0 Å². The zero-order valence-electron chi connectivity index (χ0n) is 9.16. The number of benzene rings is 1. The monoisotopic (exact) mass is 204 g/mol. The zero-order valence-corrected chi connectivity index (χ0v) is 9.16. The van der Waals surface area contributed by atoms with E-state index >= 15 is 0 Å². The molecule has 1 heterocycles. The summed E-state index contributed by atoms with van der Waals surface area (Å²) in [7, 11) is 3.59. The van der Waals surface area contributed by atoms with E-state index in [0.29, 0.717) is 0 Å². The lowest BCUT2D eigenvalue weighted by Gasteiger charge is -2.27. The molecule has 0 radical (unpaired) electrons. The Morgan fingerprint density at radius 1 is 1.33 bits per heavy atom. The van der Waals surface area contributed by atoms with Crippen LogP contribution in [0.2, 0.25) is 0 Å². The highest BCUT2D eigenvalue weighted by molar-refractivity contribution is 5.82. The van der Waals surface area contributed by atoms with Crippen molar-refractivity contribution >= 4 is 5.91 Å². The summed E-state index contributed by atoms with van der Waals surface area (Å²) in [6.07, 6.45) is 0.799. The molecule has 1 aromatic carbocycles. The van der Waals surface area contributed by atoms with E-state index in [2.05, 4.69) is 17.4 Å². The predicted molar refractivity (Wildman–Crippen MR) is 59.5 cm³/mol. The number of likely N-dealkylation sites (N-methyl/N-ethyl adjacent to an activating group) is 1. The molecule has 0 aromatic heterocycles. The van der Waals surface area contributed by atoms with E-state index < -0.39 is 0 Å². The van der Waals surface area contributed by atoms with Crippen molar-refractivity contribution in [1.29, 1.82) is 0 Å². The zero-order chi connectivity index (χ0) is 10.8. The van der Waals surface area contributed by atoms with Crippen molar-refractivity contribution in [3.05, 3.63) is 35.4 Å². The van der Waals surface area contributed by atoms with Crippen molar-refractivity contribution in [3.63, 3.8) is 0 Å². The van der Waals surface area contributed by atoms with Gasteiger partial charge in [-0.2, -0.15) is 0 Å². The molecule has 2 rings (SSSR count). The van der Waals surface area contributed by atoms with Crippen LogP contribution in [0.3, 0.4) is 0 Å². The Kier molecular flexibility index (Phi) is 2.73. The summed E-state index contributed by atoms with van der Waals surface area (Å²) < 4.78 is 0. The number of fused-ring (bicyclic) bond motifs is 1. The van der Waals surface area contributed by atoms with Crippen LogP contribution in [0.1, 0.15) is 11.1 Å². The highest BCUT2D eigenvalue weighted by atomic mass is 16.2. The molecule has 0 saturated carbocycles. The molecule has 80 valence electrons. The highest BCUT2D eigenvalue weighted by Crippen LogP contribution is 2.16. The van der Waals surface area contributed by atoms with Crippen LogP contribution in [-0.2, 0) is 17.8 Å². The molecule has 15 heavy (non-hydrogen) atoms. The molecule has 1 aliphatic heterocycles. The van der Waals surface area contributed by atoms with Crippen molar-refractivity contribution in [2.24, 2.45) is 0 Å². The van der Waals surface area contributed by atoms with E-state index in [-0.39, 0.29) is 11.9 Å². The van der Waals surface area contributed by atoms with Crippen LogP contribution < -0.4 is 5.32 Å². The average Bonchev–Trinajstić information content (AvgIpc) is 2.27. The van der Waals surface area contributed by atoms with Crippen LogP contribution in [0, 0.1) is 0 Å². The lowest BCUT2D eigenvalue weighted by Crippen LogP contribution is -2.47. The number of carbonyl (C=O) groups is 1. The Morgan fingerprint density at radius 2 is 2.00 bits per heavy atom. The minimum Gasteiger partial charge on any atom is -0.347 e. The molecule has 1 amide bonds. The predicted octanol–water partition coefficient (Wildman–Crippen LogP) is 0.789. The third-order valence-corrected chi connectivity index (χ3v) is 2.82. The van der Waals surface area contributed by atoms with Crippen LogP contribution in [0.25, 0.3) is 0 Å². The average molecular weight is 204 g/mol. The maximum absolute atomic E-state index is 11.8. The second kappa shape index (κ2) is 4.03. The molecule has 1 aromatic rings. The molecule has 0 bridgehead atoms. The molecule has 0 unspecified atom stereocenters. The van der Waals surface area contributed by atoms with Gasteiger partial charge in [0.15, 0.2) is 0 Å². The molecule has 1 N–H and O–H groups in total. The van der Waals surface area contributed by atoms with Gasteiger partial charge >= 0.3 is 0 Å². The summed E-state index contributed by atoms with van der Waals surface area (Å²) >= 11 is 0. The van der Waals surface area contributed by atoms with Crippen molar-refractivity contribution in [2.75, 3.05) is 14.1 Å². The van der Waals surface area contributed by atoms with Gasteiger partial charge in [-0.1, -0.05) is 24.3 Å². The molecule has 0 fully saturated rings. The van der Waals surface area contributed by atoms with Crippen LogP contribution in [0.15, 0.2) is 24.3 Å². The number of amides is 1. The third-order valence-electron chi connectivity index (χ3n) is 2.82. The molecule has 0 spiro atoms. The molecule has 3 heteroatoms. The Balaban J connectivity index is 2.15. The molecule has 0 aliphatic carbocycles. The largest absolute Gasteiger partial charge is 0.347 e. The van der Waals surface area contributed by atoms with Crippen molar-refractivity contribution < 1.29 is 4.79 Å². The van der Waals surface area contributed by atoms with Crippen molar-refractivity contribution in [2.45, 2.75) is 19.0 Å². The number of nitrogens with one attached hydrogen (secondary N) is 1. The Hall–Kier alpha value is -1.35. The normalized spacial score (nSPS) is 19.5. The lowest BCUT2D eigenvalue weighted by molar-refractivity contribution is -0.131. The second-order valence-electron chi connectivity index (χ2n) is 4.14.